The van der Waals surface area contributed by atoms with Crippen LogP contribution in [0, 0.1) is 5.92 Å². The van der Waals surface area contributed by atoms with Crippen molar-refractivity contribution in [3.63, 3.8) is 0 Å². The Balaban J connectivity index is 2.66. The highest BCUT2D eigenvalue weighted by Gasteiger charge is 2.40. The fourth-order valence-corrected chi connectivity index (χ4v) is 2.15. The van der Waals surface area contributed by atoms with Crippen LogP contribution in [-0.2, 0) is 19.1 Å². The number of hydrogen-bond acceptors (Lipinski definition) is 5. The molecule has 0 aromatic heterocycles. The Kier molecular flexibility index (Phi) is 6.81. The molecule has 7 heteroatoms. The van der Waals surface area contributed by atoms with Gasteiger partial charge in [-0.2, -0.15) is 0 Å². The number of rotatable bonds is 5. The zero-order valence-electron chi connectivity index (χ0n) is 15.3. The second-order valence-electron chi connectivity index (χ2n) is 7.14. The zero-order valence-corrected chi connectivity index (χ0v) is 15.3. The molecule has 1 rings (SSSR count). The van der Waals surface area contributed by atoms with E-state index in [-0.39, 0.29) is 17.9 Å². The third kappa shape index (κ3) is 5.86. The topological polar surface area (TPSA) is 84.9 Å². The van der Waals surface area contributed by atoms with Crippen LogP contribution < -0.4 is 5.32 Å². The fourth-order valence-electron chi connectivity index (χ4n) is 2.15. The lowest BCUT2D eigenvalue weighted by Gasteiger charge is -2.40. The number of nitrogens with zero attached hydrogens (tertiary/aromatic N) is 1. The van der Waals surface area contributed by atoms with Gasteiger partial charge in [-0.15, -0.1) is 0 Å². The maximum Gasteiger partial charge on any atom is 0.410 e. The van der Waals surface area contributed by atoms with E-state index in [0.717, 1.165) is 0 Å². The van der Waals surface area contributed by atoms with Crippen LogP contribution in [0.25, 0.3) is 0 Å². The molecule has 0 bridgehead atoms. The van der Waals surface area contributed by atoms with Crippen molar-refractivity contribution in [1.29, 1.82) is 0 Å². The Bertz CT molecular complexity index is 508. The SMILES string of the molecule is COC(=O)C=CC(NC(=O)C1CCN1C(=O)OC(C)(C)C)C(C)C. The predicted molar refractivity (Wildman–Crippen MR) is 89.3 cm³/mol. The molecular weight excluding hydrogens is 312 g/mol. The Morgan fingerprint density at radius 2 is 1.88 bits per heavy atom. The van der Waals surface area contributed by atoms with Crippen molar-refractivity contribution in [3.05, 3.63) is 12.2 Å². The van der Waals surface area contributed by atoms with Crippen molar-refractivity contribution in [2.75, 3.05) is 13.7 Å². The van der Waals surface area contributed by atoms with E-state index in [1.807, 2.05) is 13.8 Å². The third-order valence-corrected chi connectivity index (χ3v) is 3.62. The number of methoxy groups -OCH3 is 1. The molecule has 1 heterocycles. The minimum Gasteiger partial charge on any atom is -0.466 e. The van der Waals surface area contributed by atoms with Gasteiger partial charge in [0.05, 0.1) is 13.2 Å². The lowest BCUT2D eigenvalue weighted by molar-refractivity contribution is -0.135. The van der Waals surface area contributed by atoms with Gasteiger partial charge in [0.25, 0.3) is 0 Å². The minimum atomic E-state index is -0.600. The smallest absolute Gasteiger partial charge is 0.410 e. The summed E-state index contributed by atoms with van der Waals surface area (Å²) in [5.74, 6) is -0.640. The molecule has 24 heavy (non-hydrogen) atoms. The highest BCUT2D eigenvalue weighted by molar-refractivity contribution is 5.88. The normalized spacial score (nSPS) is 19.0. The third-order valence-electron chi connectivity index (χ3n) is 3.62. The molecule has 2 atom stereocenters. The number of esters is 1. The molecule has 0 saturated carbocycles. The molecule has 2 unspecified atom stereocenters. The van der Waals surface area contributed by atoms with Crippen LogP contribution in [0.1, 0.15) is 41.0 Å². The Hall–Kier alpha value is -2.05. The average molecular weight is 340 g/mol. The highest BCUT2D eigenvalue weighted by atomic mass is 16.6. The van der Waals surface area contributed by atoms with Gasteiger partial charge in [0.1, 0.15) is 11.6 Å². The first-order chi connectivity index (χ1) is 11.0. The summed E-state index contributed by atoms with van der Waals surface area (Å²) in [5, 5.41) is 2.86. The lowest BCUT2D eigenvalue weighted by atomic mass is 9.99. The average Bonchev–Trinajstić information content (AvgIpc) is 2.38. The van der Waals surface area contributed by atoms with Crippen molar-refractivity contribution >= 4 is 18.0 Å². The van der Waals surface area contributed by atoms with Crippen molar-refractivity contribution in [2.45, 2.75) is 58.7 Å². The van der Waals surface area contributed by atoms with Crippen LogP contribution in [0.3, 0.4) is 0 Å². The maximum atomic E-state index is 12.4. The van der Waals surface area contributed by atoms with Gasteiger partial charge >= 0.3 is 12.1 Å². The summed E-state index contributed by atoms with van der Waals surface area (Å²) >= 11 is 0. The number of amides is 2. The van der Waals surface area contributed by atoms with Crippen molar-refractivity contribution in [1.82, 2.24) is 10.2 Å². The highest BCUT2D eigenvalue weighted by Crippen LogP contribution is 2.22. The number of ether oxygens (including phenoxy) is 2. The van der Waals surface area contributed by atoms with Gasteiger partial charge in [-0.3, -0.25) is 9.69 Å². The molecule has 0 radical (unpaired) electrons. The molecule has 1 N–H and O–H groups in total. The summed E-state index contributed by atoms with van der Waals surface area (Å²) in [6, 6.07) is -0.856. The van der Waals surface area contributed by atoms with Gasteiger partial charge in [-0.1, -0.05) is 19.9 Å². The van der Waals surface area contributed by atoms with E-state index < -0.39 is 23.7 Å². The molecule has 0 spiro atoms. The van der Waals surface area contributed by atoms with Crippen LogP contribution >= 0.6 is 0 Å². The van der Waals surface area contributed by atoms with E-state index in [2.05, 4.69) is 10.1 Å². The van der Waals surface area contributed by atoms with Gasteiger partial charge in [-0.25, -0.2) is 9.59 Å². The maximum absolute atomic E-state index is 12.4. The summed E-state index contributed by atoms with van der Waals surface area (Å²) in [6.07, 6.45) is 3.00. The van der Waals surface area contributed by atoms with Crippen molar-refractivity contribution in [3.8, 4) is 0 Å². The van der Waals surface area contributed by atoms with E-state index in [0.29, 0.717) is 13.0 Å². The standard InChI is InChI=1S/C17H28N2O5/c1-11(2)12(7-8-14(20)23-6)18-15(21)13-9-10-19(13)16(22)24-17(3,4)5/h7-8,11-13H,9-10H2,1-6H3,(H,18,21). The van der Waals surface area contributed by atoms with Gasteiger partial charge in [0.15, 0.2) is 0 Å². The molecule has 0 aromatic carbocycles. The van der Waals surface area contributed by atoms with Gasteiger partial charge in [0.2, 0.25) is 5.91 Å². The van der Waals surface area contributed by atoms with E-state index in [1.165, 1.54) is 18.1 Å². The molecule has 1 saturated heterocycles. The molecule has 0 aliphatic carbocycles. The zero-order chi connectivity index (χ0) is 18.5. The van der Waals surface area contributed by atoms with Crippen LogP contribution in [0.15, 0.2) is 12.2 Å². The van der Waals surface area contributed by atoms with Crippen LogP contribution in [0.4, 0.5) is 4.79 Å². The summed E-state index contributed by atoms with van der Waals surface area (Å²) in [7, 11) is 1.29. The van der Waals surface area contributed by atoms with E-state index in [9.17, 15) is 14.4 Å². The molecule has 7 nitrogen and oxygen atoms in total. The number of hydrogen-bond donors (Lipinski definition) is 1. The number of likely N-dealkylation sites (tertiary alicyclic amines) is 1. The van der Waals surface area contributed by atoms with Gasteiger partial charge in [0, 0.05) is 12.6 Å². The van der Waals surface area contributed by atoms with Crippen molar-refractivity contribution in [2.24, 2.45) is 5.92 Å². The summed E-state index contributed by atoms with van der Waals surface area (Å²) in [5.41, 5.74) is -0.600. The first kappa shape index (κ1) is 20.0. The number of nitrogens with one attached hydrogen (secondary N) is 1. The lowest BCUT2D eigenvalue weighted by Crippen LogP contribution is -2.60. The van der Waals surface area contributed by atoms with Crippen LogP contribution in [0.5, 0.6) is 0 Å². The van der Waals surface area contributed by atoms with E-state index >= 15 is 0 Å². The molecule has 2 amide bonds. The summed E-state index contributed by atoms with van der Waals surface area (Å²) < 4.78 is 9.85. The van der Waals surface area contributed by atoms with Crippen LogP contribution in [0.2, 0.25) is 0 Å². The number of carbonyl (C=O) groups excluding carboxylic acids is 3. The quantitative estimate of drug-likeness (QED) is 0.610. The minimum absolute atomic E-state index is 0.0879. The summed E-state index contributed by atoms with van der Waals surface area (Å²) in [6.45, 7) is 9.71. The molecule has 136 valence electrons. The Morgan fingerprint density at radius 3 is 2.29 bits per heavy atom. The molecule has 1 fully saturated rings. The number of carbonyl (C=O) groups is 3. The largest absolute Gasteiger partial charge is 0.466 e. The van der Waals surface area contributed by atoms with Gasteiger partial charge in [-0.05, 0) is 33.1 Å². The van der Waals surface area contributed by atoms with Crippen LogP contribution in [-0.4, -0.2) is 54.2 Å². The fraction of sp³-hybridized carbons (Fsp3) is 0.706. The summed E-state index contributed by atoms with van der Waals surface area (Å²) in [4.78, 5) is 37.1. The monoisotopic (exact) mass is 340 g/mol. The van der Waals surface area contributed by atoms with E-state index in [1.54, 1.807) is 26.8 Å². The van der Waals surface area contributed by atoms with E-state index in [4.69, 9.17) is 4.74 Å². The molecule has 1 aliphatic rings. The molecular formula is C17H28N2O5. The van der Waals surface area contributed by atoms with Crippen molar-refractivity contribution < 1.29 is 23.9 Å². The first-order valence-corrected chi connectivity index (χ1v) is 8.11. The Labute approximate surface area is 143 Å². The second kappa shape index (κ2) is 8.17. The Morgan fingerprint density at radius 1 is 1.25 bits per heavy atom. The second-order valence-corrected chi connectivity index (χ2v) is 7.14. The van der Waals surface area contributed by atoms with Gasteiger partial charge < -0.3 is 14.8 Å². The molecule has 0 aromatic rings. The predicted octanol–water partition coefficient (Wildman–Crippen LogP) is 1.87. The first-order valence-electron chi connectivity index (χ1n) is 8.11. The molecule has 1 aliphatic heterocycles.